The first kappa shape index (κ1) is 19.3. The quantitative estimate of drug-likeness (QED) is 0.744. The van der Waals surface area contributed by atoms with Gasteiger partial charge < -0.3 is 15.4 Å². The zero-order chi connectivity index (χ0) is 17.5. The van der Waals surface area contributed by atoms with E-state index in [0.717, 1.165) is 0 Å². The first-order valence-electron chi connectivity index (χ1n) is 7.68. The van der Waals surface area contributed by atoms with E-state index in [0.29, 0.717) is 30.1 Å². The molecule has 0 unspecified atom stereocenters. The summed E-state index contributed by atoms with van der Waals surface area (Å²) in [5, 5.41) is 5.77. The Bertz CT molecular complexity index is 621. The summed E-state index contributed by atoms with van der Waals surface area (Å²) in [7, 11) is -3.26. The van der Waals surface area contributed by atoms with Crippen LogP contribution in [0.15, 0.2) is 29.2 Å². The van der Waals surface area contributed by atoms with E-state index in [9.17, 15) is 13.2 Å². The van der Waals surface area contributed by atoms with Crippen LogP contribution in [0.4, 0.5) is 10.5 Å². The van der Waals surface area contributed by atoms with Gasteiger partial charge >= 0.3 is 6.09 Å². The third-order valence-electron chi connectivity index (χ3n) is 2.94. The Morgan fingerprint density at radius 3 is 2.43 bits per heavy atom. The Hall–Kier alpha value is -1.76. The number of amides is 1. The van der Waals surface area contributed by atoms with Gasteiger partial charge in [0.05, 0.1) is 16.3 Å². The van der Waals surface area contributed by atoms with Crippen LogP contribution < -0.4 is 10.6 Å². The number of hydrogen-bond acceptors (Lipinski definition) is 5. The second-order valence-electron chi connectivity index (χ2n) is 6.11. The Morgan fingerprint density at radius 1 is 1.17 bits per heavy atom. The summed E-state index contributed by atoms with van der Waals surface area (Å²) in [4.78, 5) is 11.8. The van der Waals surface area contributed by atoms with Crippen LogP contribution in [0.2, 0.25) is 0 Å². The lowest BCUT2D eigenvalue weighted by Crippen LogP contribution is -2.33. The normalized spacial score (nSPS) is 11.8. The van der Waals surface area contributed by atoms with Crippen LogP contribution in [0, 0.1) is 0 Å². The zero-order valence-corrected chi connectivity index (χ0v) is 15.0. The maximum absolute atomic E-state index is 12.0. The summed E-state index contributed by atoms with van der Waals surface area (Å²) in [5.74, 6) is 0.0614. The molecule has 6 nitrogen and oxygen atoms in total. The highest BCUT2D eigenvalue weighted by molar-refractivity contribution is 7.91. The predicted molar refractivity (Wildman–Crippen MR) is 91.5 cm³/mol. The average molecular weight is 342 g/mol. The molecule has 0 fully saturated rings. The van der Waals surface area contributed by atoms with Crippen molar-refractivity contribution in [3.8, 4) is 0 Å². The molecule has 0 atom stereocenters. The molecule has 0 spiro atoms. The third kappa shape index (κ3) is 6.90. The summed E-state index contributed by atoms with van der Waals surface area (Å²) >= 11 is 0. The fourth-order valence-corrected chi connectivity index (χ4v) is 2.93. The van der Waals surface area contributed by atoms with E-state index in [1.165, 1.54) is 0 Å². The van der Waals surface area contributed by atoms with Gasteiger partial charge in [-0.15, -0.1) is 0 Å². The Kier molecular flexibility index (Phi) is 6.87. The second-order valence-corrected chi connectivity index (χ2v) is 8.36. The monoisotopic (exact) mass is 342 g/mol. The summed E-state index contributed by atoms with van der Waals surface area (Å²) in [6.45, 7) is 8.03. The summed E-state index contributed by atoms with van der Waals surface area (Å²) < 4.78 is 29.2. The number of hydrogen-bond donors (Lipinski definition) is 2. The number of ether oxygens (including phenoxy) is 1. The molecule has 1 amide bonds. The fourth-order valence-electron chi connectivity index (χ4n) is 1.86. The topological polar surface area (TPSA) is 84.5 Å². The van der Waals surface area contributed by atoms with E-state index in [1.807, 2.05) is 0 Å². The van der Waals surface area contributed by atoms with Crippen molar-refractivity contribution in [1.82, 2.24) is 5.32 Å². The number of carbonyl (C=O) groups excluding carboxylic acids is 1. The Balaban J connectivity index is 2.45. The van der Waals surface area contributed by atoms with E-state index in [1.54, 1.807) is 52.0 Å². The van der Waals surface area contributed by atoms with Crippen LogP contribution in [0.3, 0.4) is 0 Å². The molecular weight excluding hydrogens is 316 g/mol. The van der Waals surface area contributed by atoms with Crippen molar-refractivity contribution < 1.29 is 17.9 Å². The van der Waals surface area contributed by atoms with Crippen LogP contribution in [0.1, 0.15) is 34.1 Å². The number of rotatable bonds is 7. The summed E-state index contributed by atoms with van der Waals surface area (Å²) in [5.41, 5.74) is 0.0714. The van der Waals surface area contributed by atoms with Crippen molar-refractivity contribution in [2.75, 3.05) is 24.2 Å². The van der Waals surface area contributed by atoms with Crippen molar-refractivity contribution in [2.45, 2.75) is 44.6 Å². The molecule has 23 heavy (non-hydrogen) atoms. The molecule has 1 rings (SSSR count). The highest BCUT2D eigenvalue weighted by Gasteiger charge is 2.16. The second kappa shape index (κ2) is 8.19. The van der Waals surface area contributed by atoms with Crippen LogP contribution in [0.25, 0.3) is 0 Å². The van der Waals surface area contributed by atoms with Crippen LogP contribution >= 0.6 is 0 Å². The van der Waals surface area contributed by atoms with Gasteiger partial charge in [0.15, 0.2) is 9.84 Å². The van der Waals surface area contributed by atoms with Crippen molar-refractivity contribution >= 4 is 21.6 Å². The molecule has 130 valence electrons. The van der Waals surface area contributed by atoms with Crippen LogP contribution in [-0.2, 0) is 14.6 Å². The molecular formula is C16H26N2O4S. The number of nitrogens with one attached hydrogen (secondary N) is 2. The zero-order valence-electron chi connectivity index (χ0n) is 14.2. The van der Waals surface area contributed by atoms with Gasteiger partial charge in [-0.05, 0) is 39.3 Å². The number of para-hydroxylation sites is 1. The van der Waals surface area contributed by atoms with E-state index >= 15 is 0 Å². The van der Waals surface area contributed by atoms with Gasteiger partial charge in [-0.25, -0.2) is 13.2 Å². The SMILES string of the molecule is CCS(=O)(=O)c1ccccc1NCCCNC(=O)OC(C)(C)C. The minimum absolute atomic E-state index is 0.0614. The lowest BCUT2D eigenvalue weighted by atomic mass is 10.2. The highest BCUT2D eigenvalue weighted by atomic mass is 32.2. The maximum atomic E-state index is 12.0. The molecule has 0 radical (unpaired) electrons. The molecule has 0 aliphatic rings. The maximum Gasteiger partial charge on any atom is 0.407 e. The lowest BCUT2D eigenvalue weighted by molar-refractivity contribution is 0.0528. The van der Waals surface area contributed by atoms with Crippen molar-refractivity contribution in [1.29, 1.82) is 0 Å². The largest absolute Gasteiger partial charge is 0.444 e. The minimum atomic E-state index is -3.26. The van der Waals surface area contributed by atoms with Gasteiger partial charge in [-0.2, -0.15) is 0 Å². The van der Waals surface area contributed by atoms with E-state index < -0.39 is 21.5 Å². The van der Waals surface area contributed by atoms with Crippen LogP contribution in [0.5, 0.6) is 0 Å². The van der Waals surface area contributed by atoms with E-state index in [2.05, 4.69) is 10.6 Å². The van der Waals surface area contributed by atoms with Gasteiger partial charge in [0, 0.05) is 13.1 Å². The molecule has 1 aromatic carbocycles. The molecule has 7 heteroatoms. The first-order valence-corrected chi connectivity index (χ1v) is 9.33. The van der Waals surface area contributed by atoms with E-state index in [-0.39, 0.29) is 5.75 Å². The van der Waals surface area contributed by atoms with Gasteiger partial charge in [0.2, 0.25) is 0 Å². The predicted octanol–water partition coefficient (Wildman–Crippen LogP) is 2.81. The number of sulfone groups is 1. The van der Waals surface area contributed by atoms with Gasteiger partial charge in [0.1, 0.15) is 5.60 Å². The molecule has 2 N–H and O–H groups in total. The molecule has 0 saturated carbocycles. The smallest absolute Gasteiger partial charge is 0.407 e. The summed E-state index contributed by atoms with van der Waals surface area (Å²) in [6, 6.07) is 6.83. The van der Waals surface area contributed by atoms with Gasteiger partial charge in [0.25, 0.3) is 0 Å². The molecule has 0 aliphatic carbocycles. The molecule has 0 saturated heterocycles. The summed E-state index contributed by atoms with van der Waals surface area (Å²) in [6.07, 6.45) is 0.200. The van der Waals surface area contributed by atoms with Crippen molar-refractivity contribution in [3.05, 3.63) is 24.3 Å². The van der Waals surface area contributed by atoms with Crippen molar-refractivity contribution in [3.63, 3.8) is 0 Å². The molecule has 0 heterocycles. The van der Waals surface area contributed by atoms with Gasteiger partial charge in [-0.1, -0.05) is 19.1 Å². The minimum Gasteiger partial charge on any atom is -0.444 e. The number of benzene rings is 1. The molecule has 0 bridgehead atoms. The highest BCUT2D eigenvalue weighted by Crippen LogP contribution is 2.21. The number of anilines is 1. The molecule has 1 aromatic rings. The molecule has 0 aliphatic heterocycles. The Labute approximate surface area is 138 Å². The van der Waals surface area contributed by atoms with Gasteiger partial charge in [-0.3, -0.25) is 0 Å². The Morgan fingerprint density at radius 2 is 1.83 bits per heavy atom. The molecule has 0 aromatic heterocycles. The third-order valence-corrected chi connectivity index (χ3v) is 4.73. The fraction of sp³-hybridized carbons (Fsp3) is 0.562. The number of alkyl carbamates (subject to hydrolysis) is 1. The standard InChI is InChI=1S/C16H26N2O4S/c1-5-23(20,21)14-10-7-6-9-13(14)17-11-8-12-18-15(19)22-16(2,3)4/h6-7,9-10,17H,5,8,11-12H2,1-4H3,(H,18,19). The average Bonchev–Trinajstić information content (AvgIpc) is 2.45. The van der Waals surface area contributed by atoms with E-state index in [4.69, 9.17) is 4.74 Å². The lowest BCUT2D eigenvalue weighted by Gasteiger charge is -2.19. The number of carbonyl (C=O) groups is 1. The van der Waals surface area contributed by atoms with Crippen molar-refractivity contribution in [2.24, 2.45) is 0 Å². The first-order chi connectivity index (χ1) is 10.7. The van der Waals surface area contributed by atoms with Crippen LogP contribution in [-0.4, -0.2) is 39.0 Å².